The molecule has 0 saturated heterocycles. The minimum atomic E-state index is -0.420. The highest BCUT2D eigenvalue weighted by Crippen LogP contribution is 2.30. The second-order valence-corrected chi connectivity index (χ2v) is 9.37. The van der Waals surface area contributed by atoms with E-state index in [-0.39, 0.29) is 12.5 Å². The maximum absolute atomic E-state index is 13.3. The van der Waals surface area contributed by atoms with Crippen molar-refractivity contribution in [3.8, 4) is 28.4 Å². The van der Waals surface area contributed by atoms with E-state index in [0.29, 0.717) is 46.0 Å². The summed E-state index contributed by atoms with van der Waals surface area (Å²) in [5.41, 5.74) is 2.65. The first-order valence-electron chi connectivity index (χ1n) is 12.9. The molecular weight excluding hydrogens is 530 g/mol. The van der Waals surface area contributed by atoms with Gasteiger partial charge in [-0.15, -0.1) is 0 Å². The van der Waals surface area contributed by atoms with Crippen molar-refractivity contribution in [2.45, 2.75) is 19.8 Å². The molecule has 0 aliphatic rings. The molecule has 0 radical (unpaired) electrons. The number of para-hydroxylation sites is 1. The van der Waals surface area contributed by atoms with Gasteiger partial charge in [-0.25, -0.2) is 9.48 Å². The molecule has 0 spiro atoms. The second kappa shape index (κ2) is 13.5. The largest absolute Gasteiger partial charge is 0.497 e. The molecule has 4 rings (SSSR count). The Morgan fingerprint density at radius 3 is 2.40 bits per heavy atom. The maximum Gasteiger partial charge on any atom is 0.322 e. The summed E-state index contributed by atoms with van der Waals surface area (Å²) in [4.78, 5) is 28.0. The van der Waals surface area contributed by atoms with Gasteiger partial charge in [-0.2, -0.15) is 5.10 Å². The van der Waals surface area contributed by atoms with E-state index in [1.165, 1.54) is 12.0 Å². The number of benzene rings is 3. The third-order valence-corrected chi connectivity index (χ3v) is 6.50. The van der Waals surface area contributed by atoms with E-state index in [2.05, 4.69) is 10.6 Å². The van der Waals surface area contributed by atoms with Crippen molar-refractivity contribution in [2.24, 2.45) is 0 Å². The van der Waals surface area contributed by atoms with Crippen molar-refractivity contribution in [1.29, 1.82) is 0 Å². The Hall–Kier alpha value is -4.50. The van der Waals surface area contributed by atoms with Gasteiger partial charge in [-0.3, -0.25) is 4.79 Å². The van der Waals surface area contributed by atoms with Crippen LogP contribution >= 0.6 is 11.6 Å². The molecule has 0 unspecified atom stereocenters. The summed E-state index contributed by atoms with van der Waals surface area (Å²) in [6.45, 7) is 2.25. The van der Waals surface area contributed by atoms with Gasteiger partial charge in [0, 0.05) is 24.2 Å². The van der Waals surface area contributed by atoms with E-state index < -0.39 is 6.03 Å². The van der Waals surface area contributed by atoms with Gasteiger partial charge in [0.1, 0.15) is 23.9 Å². The number of hydrogen-bond acceptors (Lipinski definition) is 5. The molecule has 10 heteroatoms. The summed E-state index contributed by atoms with van der Waals surface area (Å²) in [6.07, 6.45) is 1.59. The number of unbranched alkanes of at least 4 members (excludes halogenated alkanes) is 1. The Kier molecular flexibility index (Phi) is 9.64. The number of carbonyl (C=O) groups is 2. The van der Waals surface area contributed by atoms with E-state index in [1.54, 1.807) is 42.1 Å². The number of ether oxygens (including phenoxy) is 2. The zero-order chi connectivity index (χ0) is 28.5. The number of nitrogens with one attached hydrogen (secondary N) is 2. The normalized spacial score (nSPS) is 10.6. The van der Waals surface area contributed by atoms with Crippen molar-refractivity contribution in [3.05, 3.63) is 83.9 Å². The van der Waals surface area contributed by atoms with E-state index in [9.17, 15) is 9.59 Å². The van der Waals surface area contributed by atoms with Gasteiger partial charge in [0.2, 0.25) is 5.91 Å². The zero-order valence-electron chi connectivity index (χ0n) is 22.7. The first-order valence-corrected chi connectivity index (χ1v) is 13.3. The minimum absolute atomic E-state index is 0.168. The number of halogens is 1. The topological polar surface area (TPSA) is 97.7 Å². The Bertz CT molecular complexity index is 1460. The average molecular weight is 562 g/mol. The molecule has 0 bridgehead atoms. The summed E-state index contributed by atoms with van der Waals surface area (Å²) < 4.78 is 12.2. The fourth-order valence-corrected chi connectivity index (χ4v) is 4.30. The summed E-state index contributed by atoms with van der Waals surface area (Å²) in [6, 6.07) is 23.4. The van der Waals surface area contributed by atoms with Gasteiger partial charge in [0.15, 0.2) is 0 Å². The molecule has 0 aliphatic heterocycles. The third kappa shape index (κ3) is 6.92. The van der Waals surface area contributed by atoms with E-state index >= 15 is 0 Å². The fraction of sp³-hybridized carbons (Fsp3) is 0.233. The van der Waals surface area contributed by atoms with Crippen LogP contribution in [-0.4, -0.2) is 53.9 Å². The number of aromatic nitrogens is 2. The van der Waals surface area contributed by atoms with Crippen LogP contribution in [0.1, 0.15) is 19.8 Å². The lowest BCUT2D eigenvalue weighted by Crippen LogP contribution is -2.41. The number of rotatable bonds is 11. The molecule has 208 valence electrons. The molecule has 0 fully saturated rings. The Morgan fingerprint density at radius 2 is 1.70 bits per heavy atom. The summed E-state index contributed by atoms with van der Waals surface area (Å²) >= 11 is 6.47. The predicted molar refractivity (Wildman–Crippen MR) is 158 cm³/mol. The van der Waals surface area contributed by atoms with E-state index in [4.69, 9.17) is 26.2 Å². The number of nitrogens with zero attached hydrogens (tertiary/aromatic N) is 3. The van der Waals surface area contributed by atoms with Crippen LogP contribution in [0.5, 0.6) is 11.5 Å². The number of methoxy groups -OCH3 is 2. The highest BCUT2D eigenvalue weighted by molar-refractivity contribution is 6.32. The van der Waals surface area contributed by atoms with Crippen LogP contribution in [-0.2, 0) is 4.79 Å². The predicted octanol–water partition coefficient (Wildman–Crippen LogP) is 6.48. The summed E-state index contributed by atoms with van der Waals surface area (Å²) in [5, 5.41) is 11.0. The molecule has 1 heterocycles. The lowest BCUT2D eigenvalue weighted by molar-refractivity contribution is -0.116. The minimum Gasteiger partial charge on any atom is -0.497 e. The van der Waals surface area contributed by atoms with Crippen molar-refractivity contribution in [1.82, 2.24) is 14.7 Å². The van der Waals surface area contributed by atoms with Crippen LogP contribution in [0, 0.1) is 0 Å². The van der Waals surface area contributed by atoms with Gasteiger partial charge < -0.3 is 25.0 Å². The molecule has 4 aromatic rings. The first-order chi connectivity index (χ1) is 19.4. The van der Waals surface area contributed by atoms with Gasteiger partial charge in [0.05, 0.1) is 36.3 Å². The number of anilines is 2. The van der Waals surface area contributed by atoms with Crippen LogP contribution in [0.25, 0.3) is 16.9 Å². The number of carbonyl (C=O) groups excluding carboxylic acids is 2. The van der Waals surface area contributed by atoms with Gasteiger partial charge in [-0.1, -0.05) is 67.4 Å². The summed E-state index contributed by atoms with van der Waals surface area (Å²) in [7, 11) is 3.07. The lowest BCUT2D eigenvalue weighted by Gasteiger charge is -2.23. The Labute approximate surface area is 238 Å². The monoisotopic (exact) mass is 561 g/mol. The molecule has 1 aromatic heterocycles. The lowest BCUT2D eigenvalue weighted by atomic mass is 10.1. The van der Waals surface area contributed by atoms with Crippen LogP contribution in [0.2, 0.25) is 5.02 Å². The van der Waals surface area contributed by atoms with Crippen LogP contribution in [0.4, 0.5) is 16.3 Å². The number of hydrogen-bond donors (Lipinski definition) is 2. The molecule has 0 atom stereocenters. The summed E-state index contributed by atoms with van der Waals surface area (Å²) in [5.74, 6) is 1.11. The van der Waals surface area contributed by atoms with Crippen molar-refractivity contribution in [2.75, 3.05) is 37.9 Å². The van der Waals surface area contributed by atoms with E-state index in [0.717, 1.165) is 18.4 Å². The number of amides is 3. The standard InChI is InChI=1S/C30H32ClN5O4/c1-4-5-17-35(30(38)32-24-16-15-22(39-2)18-27(24)40-3)20-29(37)33-28-19-25(21-11-7-6-8-12-21)34-36(28)26-14-10-9-13-23(26)31/h6-16,18-19H,4-5,17,20H2,1-3H3,(H,32,38)(H,33,37). The van der Waals surface area contributed by atoms with Crippen LogP contribution in [0.15, 0.2) is 78.9 Å². The number of urea groups is 1. The SMILES string of the molecule is CCCCN(CC(=O)Nc1cc(-c2ccccc2)nn1-c1ccccc1Cl)C(=O)Nc1ccc(OC)cc1OC. The highest BCUT2D eigenvalue weighted by Gasteiger charge is 2.21. The quantitative estimate of drug-likeness (QED) is 0.218. The molecule has 2 N–H and O–H groups in total. The maximum atomic E-state index is 13.3. The first kappa shape index (κ1) is 28.5. The second-order valence-electron chi connectivity index (χ2n) is 8.96. The van der Waals surface area contributed by atoms with Crippen LogP contribution < -0.4 is 20.1 Å². The van der Waals surface area contributed by atoms with Crippen molar-refractivity contribution in [3.63, 3.8) is 0 Å². The van der Waals surface area contributed by atoms with Crippen molar-refractivity contribution >= 4 is 35.0 Å². The van der Waals surface area contributed by atoms with Crippen LogP contribution in [0.3, 0.4) is 0 Å². The van der Waals surface area contributed by atoms with Gasteiger partial charge in [-0.05, 0) is 30.7 Å². The van der Waals surface area contributed by atoms with Crippen molar-refractivity contribution < 1.29 is 19.1 Å². The fourth-order valence-electron chi connectivity index (χ4n) is 4.08. The van der Waals surface area contributed by atoms with E-state index in [1.807, 2.05) is 55.5 Å². The molecule has 0 aliphatic carbocycles. The van der Waals surface area contributed by atoms with Gasteiger partial charge >= 0.3 is 6.03 Å². The molecule has 0 saturated carbocycles. The molecule has 40 heavy (non-hydrogen) atoms. The van der Waals surface area contributed by atoms with Gasteiger partial charge in [0.25, 0.3) is 0 Å². The molecular formula is C30H32ClN5O4. The Balaban J connectivity index is 1.56. The zero-order valence-corrected chi connectivity index (χ0v) is 23.4. The molecule has 9 nitrogen and oxygen atoms in total. The average Bonchev–Trinajstić information content (AvgIpc) is 3.39. The third-order valence-electron chi connectivity index (χ3n) is 6.18. The Morgan fingerprint density at radius 1 is 0.950 bits per heavy atom. The smallest absolute Gasteiger partial charge is 0.322 e. The highest BCUT2D eigenvalue weighted by atomic mass is 35.5. The molecule has 3 amide bonds. The molecule has 3 aromatic carbocycles.